The highest BCUT2D eigenvalue weighted by Crippen LogP contribution is 2.27. The standard InChI is InChI=1S/C17H13Cl4NO5S/c18-10-1-3-12(20)14(7-10)22-16(23)9-27-17(24)5-6-28(25,26)15-8-11(19)2-4-13(15)21/h1-4,7-8H,5-6,9H2,(H,22,23). The Balaban J connectivity index is 1.87. The number of amides is 1. The fraction of sp³-hybridized carbons (Fsp3) is 0.176. The number of carbonyl (C=O) groups is 2. The second-order valence-electron chi connectivity index (χ2n) is 5.48. The summed E-state index contributed by atoms with van der Waals surface area (Å²) in [6, 6.07) is 8.48. The summed E-state index contributed by atoms with van der Waals surface area (Å²) in [7, 11) is -3.86. The molecule has 1 N–H and O–H groups in total. The van der Waals surface area contributed by atoms with Crippen molar-refractivity contribution in [2.45, 2.75) is 11.3 Å². The molecule has 6 nitrogen and oxygen atoms in total. The van der Waals surface area contributed by atoms with Crippen molar-refractivity contribution < 1.29 is 22.7 Å². The van der Waals surface area contributed by atoms with Crippen LogP contribution in [0.5, 0.6) is 0 Å². The quantitative estimate of drug-likeness (QED) is 0.578. The van der Waals surface area contributed by atoms with Crippen LogP contribution in [-0.2, 0) is 24.2 Å². The number of esters is 1. The molecule has 28 heavy (non-hydrogen) atoms. The van der Waals surface area contributed by atoms with Gasteiger partial charge in [0.1, 0.15) is 0 Å². The molecule has 0 saturated heterocycles. The molecular formula is C17H13Cl4NO5S. The molecule has 0 aliphatic heterocycles. The minimum Gasteiger partial charge on any atom is -0.456 e. The second-order valence-corrected chi connectivity index (χ2v) is 9.24. The number of halogens is 4. The Bertz CT molecular complexity index is 1010. The van der Waals surface area contributed by atoms with Gasteiger partial charge in [-0.3, -0.25) is 9.59 Å². The molecule has 150 valence electrons. The van der Waals surface area contributed by atoms with Gasteiger partial charge in [0, 0.05) is 10.0 Å². The van der Waals surface area contributed by atoms with E-state index < -0.39 is 40.5 Å². The molecule has 0 bridgehead atoms. The first kappa shape index (κ1) is 22.8. The number of benzene rings is 2. The summed E-state index contributed by atoms with van der Waals surface area (Å²) in [5.41, 5.74) is 0.258. The molecule has 0 aliphatic carbocycles. The van der Waals surface area contributed by atoms with Gasteiger partial charge in [-0.05, 0) is 36.4 Å². The van der Waals surface area contributed by atoms with E-state index >= 15 is 0 Å². The maximum absolute atomic E-state index is 12.3. The van der Waals surface area contributed by atoms with E-state index in [-0.39, 0.29) is 25.7 Å². The molecule has 0 atom stereocenters. The van der Waals surface area contributed by atoms with E-state index in [1.807, 2.05) is 0 Å². The maximum Gasteiger partial charge on any atom is 0.307 e. The first-order valence-electron chi connectivity index (χ1n) is 7.67. The van der Waals surface area contributed by atoms with Crippen molar-refractivity contribution in [2.75, 3.05) is 17.7 Å². The van der Waals surface area contributed by atoms with Crippen LogP contribution in [-0.4, -0.2) is 32.7 Å². The predicted octanol–water partition coefficient (Wildman–Crippen LogP) is 4.65. The largest absolute Gasteiger partial charge is 0.456 e. The highest BCUT2D eigenvalue weighted by Gasteiger charge is 2.21. The van der Waals surface area contributed by atoms with Gasteiger partial charge in [-0.1, -0.05) is 46.4 Å². The fourth-order valence-electron chi connectivity index (χ4n) is 2.04. The van der Waals surface area contributed by atoms with Crippen molar-refractivity contribution in [3.63, 3.8) is 0 Å². The molecule has 0 saturated carbocycles. The van der Waals surface area contributed by atoms with Crippen LogP contribution in [0.15, 0.2) is 41.3 Å². The monoisotopic (exact) mass is 483 g/mol. The first-order chi connectivity index (χ1) is 13.1. The summed E-state index contributed by atoms with van der Waals surface area (Å²) in [4.78, 5) is 23.4. The highest BCUT2D eigenvalue weighted by atomic mass is 35.5. The van der Waals surface area contributed by atoms with Gasteiger partial charge in [0.05, 0.1) is 32.8 Å². The van der Waals surface area contributed by atoms with Crippen LogP contribution < -0.4 is 5.32 Å². The average Bonchev–Trinajstić information content (AvgIpc) is 2.63. The molecule has 2 aromatic rings. The number of rotatable bonds is 7. The number of ether oxygens (including phenoxy) is 1. The SMILES string of the molecule is O=C(COC(=O)CCS(=O)(=O)c1cc(Cl)ccc1Cl)Nc1cc(Cl)ccc1Cl. The molecule has 0 fully saturated rings. The molecule has 0 aromatic heterocycles. The maximum atomic E-state index is 12.3. The molecule has 0 heterocycles. The Labute approximate surface area is 181 Å². The lowest BCUT2D eigenvalue weighted by molar-refractivity contribution is -0.146. The van der Waals surface area contributed by atoms with E-state index in [1.165, 1.54) is 30.3 Å². The molecule has 0 aliphatic rings. The normalized spacial score (nSPS) is 11.1. The molecular weight excluding hydrogens is 472 g/mol. The summed E-state index contributed by atoms with van der Waals surface area (Å²) in [6.45, 7) is -0.611. The zero-order valence-electron chi connectivity index (χ0n) is 14.0. The number of hydrogen-bond donors (Lipinski definition) is 1. The van der Waals surface area contributed by atoms with Crippen LogP contribution in [0.4, 0.5) is 5.69 Å². The van der Waals surface area contributed by atoms with Gasteiger partial charge in [-0.2, -0.15) is 0 Å². The zero-order chi connectivity index (χ0) is 20.9. The summed E-state index contributed by atoms with van der Waals surface area (Å²) in [5.74, 6) is -2.07. The third kappa shape index (κ3) is 6.53. The molecule has 2 rings (SSSR count). The summed E-state index contributed by atoms with van der Waals surface area (Å²) in [5, 5.41) is 3.25. The molecule has 0 unspecified atom stereocenters. The Morgan fingerprint density at radius 3 is 2.21 bits per heavy atom. The summed E-state index contributed by atoms with van der Waals surface area (Å²) in [6.07, 6.45) is -0.462. The minimum atomic E-state index is -3.86. The second kappa shape index (κ2) is 9.80. The van der Waals surface area contributed by atoms with Gasteiger partial charge in [-0.25, -0.2) is 8.42 Å². The number of anilines is 1. The molecule has 2 aromatic carbocycles. The van der Waals surface area contributed by atoms with E-state index in [2.05, 4.69) is 5.32 Å². The van der Waals surface area contributed by atoms with Crippen LogP contribution in [0, 0.1) is 0 Å². The number of nitrogens with one attached hydrogen (secondary N) is 1. The molecule has 0 spiro atoms. The van der Waals surface area contributed by atoms with E-state index in [4.69, 9.17) is 51.1 Å². The van der Waals surface area contributed by atoms with Crippen molar-refractivity contribution in [3.8, 4) is 0 Å². The van der Waals surface area contributed by atoms with Crippen molar-refractivity contribution in [2.24, 2.45) is 0 Å². The van der Waals surface area contributed by atoms with Gasteiger partial charge in [0.25, 0.3) is 5.91 Å². The average molecular weight is 485 g/mol. The third-order valence-corrected chi connectivity index (χ3v) is 6.36. The molecule has 11 heteroatoms. The van der Waals surface area contributed by atoms with Crippen molar-refractivity contribution >= 4 is 73.8 Å². The predicted molar refractivity (Wildman–Crippen MR) is 109 cm³/mol. The van der Waals surface area contributed by atoms with Gasteiger partial charge < -0.3 is 10.1 Å². The van der Waals surface area contributed by atoms with E-state index in [1.54, 1.807) is 6.07 Å². The van der Waals surface area contributed by atoms with Gasteiger partial charge in [-0.15, -0.1) is 0 Å². The lowest BCUT2D eigenvalue weighted by Gasteiger charge is -2.09. The van der Waals surface area contributed by atoms with Crippen molar-refractivity contribution in [1.29, 1.82) is 0 Å². The van der Waals surface area contributed by atoms with Crippen LogP contribution in [0.25, 0.3) is 0 Å². The van der Waals surface area contributed by atoms with E-state index in [0.717, 1.165) is 0 Å². The zero-order valence-corrected chi connectivity index (χ0v) is 17.9. The lowest BCUT2D eigenvalue weighted by Crippen LogP contribution is -2.22. The van der Waals surface area contributed by atoms with Crippen molar-refractivity contribution in [3.05, 3.63) is 56.5 Å². The van der Waals surface area contributed by atoms with E-state index in [0.29, 0.717) is 5.02 Å². The molecule has 0 radical (unpaired) electrons. The first-order valence-corrected chi connectivity index (χ1v) is 10.8. The van der Waals surface area contributed by atoms with Crippen molar-refractivity contribution in [1.82, 2.24) is 0 Å². The minimum absolute atomic E-state index is 0.00412. The number of sulfone groups is 1. The van der Waals surface area contributed by atoms with Gasteiger partial charge in [0.15, 0.2) is 16.4 Å². The van der Waals surface area contributed by atoms with E-state index in [9.17, 15) is 18.0 Å². The number of carbonyl (C=O) groups excluding carboxylic acids is 2. The molecule has 1 amide bonds. The smallest absolute Gasteiger partial charge is 0.307 e. The fourth-order valence-corrected chi connectivity index (χ4v) is 4.41. The Hall–Kier alpha value is -1.51. The van der Waals surface area contributed by atoms with Crippen LogP contribution in [0.2, 0.25) is 20.1 Å². The summed E-state index contributed by atoms with van der Waals surface area (Å²) < 4.78 is 29.4. The third-order valence-electron chi connectivity index (χ3n) is 3.37. The van der Waals surface area contributed by atoms with Gasteiger partial charge in [0.2, 0.25) is 0 Å². The number of hydrogen-bond acceptors (Lipinski definition) is 5. The Kier molecular flexibility index (Phi) is 7.97. The van der Waals surface area contributed by atoms with Crippen LogP contribution in [0.1, 0.15) is 6.42 Å². The Morgan fingerprint density at radius 2 is 1.54 bits per heavy atom. The van der Waals surface area contributed by atoms with Gasteiger partial charge >= 0.3 is 5.97 Å². The van der Waals surface area contributed by atoms with Crippen LogP contribution >= 0.6 is 46.4 Å². The lowest BCUT2D eigenvalue weighted by atomic mass is 10.3. The topological polar surface area (TPSA) is 89.5 Å². The Morgan fingerprint density at radius 1 is 0.929 bits per heavy atom. The summed E-state index contributed by atoms with van der Waals surface area (Å²) >= 11 is 23.4. The highest BCUT2D eigenvalue weighted by molar-refractivity contribution is 7.91. The van der Waals surface area contributed by atoms with Crippen LogP contribution in [0.3, 0.4) is 0 Å².